The second-order valence-corrected chi connectivity index (χ2v) is 7.78. The van der Waals surface area contributed by atoms with Crippen LogP contribution in [0.3, 0.4) is 0 Å². The van der Waals surface area contributed by atoms with E-state index in [-0.39, 0.29) is 0 Å². The van der Waals surface area contributed by atoms with Crippen molar-refractivity contribution in [3.63, 3.8) is 0 Å². The van der Waals surface area contributed by atoms with E-state index in [0.717, 1.165) is 30.8 Å². The Morgan fingerprint density at radius 1 is 1.18 bits per heavy atom. The molecule has 1 heterocycles. The summed E-state index contributed by atoms with van der Waals surface area (Å²) in [5, 5.41) is 0. The Labute approximate surface area is 104 Å². The Hall–Kier alpha value is -0.670. The van der Waals surface area contributed by atoms with Crippen LogP contribution in [0.5, 0.6) is 0 Å². The van der Waals surface area contributed by atoms with Crippen LogP contribution in [0.25, 0.3) is 0 Å². The van der Waals surface area contributed by atoms with Crippen LogP contribution < -0.4 is 5.73 Å². The van der Waals surface area contributed by atoms with Crippen molar-refractivity contribution >= 4 is 13.5 Å². The Balaban J connectivity index is 2.17. The largest absolute Gasteiger partial charge is 0.399 e. The van der Waals surface area contributed by atoms with Gasteiger partial charge >= 0.3 is 0 Å². The zero-order valence-electron chi connectivity index (χ0n) is 10.5. The van der Waals surface area contributed by atoms with Crippen molar-refractivity contribution < 1.29 is 4.89 Å². The Bertz CT molecular complexity index is 372. The van der Waals surface area contributed by atoms with Crippen molar-refractivity contribution in [2.45, 2.75) is 12.6 Å². The van der Waals surface area contributed by atoms with Crippen molar-refractivity contribution in [2.75, 3.05) is 32.9 Å². The zero-order valence-corrected chi connectivity index (χ0v) is 11.4. The first-order valence-electron chi connectivity index (χ1n) is 5.91. The molecule has 3 N–H and O–H groups in total. The van der Waals surface area contributed by atoms with Crippen molar-refractivity contribution in [3.05, 3.63) is 29.8 Å². The molecule has 0 saturated carbocycles. The predicted octanol–water partition coefficient (Wildman–Crippen LogP) is 1.79. The normalized spacial score (nSPS) is 21.6. The molecule has 2 rings (SSSR count). The number of hydrogen-bond acceptors (Lipinski definition) is 4. The van der Waals surface area contributed by atoms with E-state index >= 15 is 0 Å². The maximum atomic E-state index is 10.9. The highest BCUT2D eigenvalue weighted by molar-refractivity contribution is 7.64. The van der Waals surface area contributed by atoms with Gasteiger partial charge in [-0.25, -0.2) is 0 Å². The number of rotatable bonds is 2. The molecule has 1 aliphatic heterocycles. The molecule has 5 heteroatoms. The molecule has 1 aromatic carbocycles. The van der Waals surface area contributed by atoms with Crippen LogP contribution in [0.4, 0.5) is 5.69 Å². The van der Waals surface area contributed by atoms with Gasteiger partial charge < -0.3 is 10.6 Å². The average molecular weight is 254 g/mol. The van der Waals surface area contributed by atoms with Crippen molar-refractivity contribution in [1.82, 2.24) is 9.34 Å². The SMILES string of the molecule is CN1CCCN(C)[P]1(O)Cc1ccc(N)cc1. The van der Waals surface area contributed by atoms with Crippen molar-refractivity contribution in [2.24, 2.45) is 0 Å². The number of hydrogen-bond donors (Lipinski definition) is 2. The van der Waals surface area contributed by atoms with Crippen LogP contribution in [0.2, 0.25) is 0 Å². The molecule has 0 bridgehead atoms. The fourth-order valence-electron chi connectivity index (χ4n) is 2.22. The third-order valence-electron chi connectivity index (χ3n) is 3.43. The summed E-state index contributed by atoms with van der Waals surface area (Å²) < 4.78 is 4.24. The lowest BCUT2D eigenvalue weighted by Gasteiger charge is -2.48. The lowest BCUT2D eigenvalue weighted by molar-refractivity contribution is 0.303. The topological polar surface area (TPSA) is 52.7 Å². The molecule has 1 aromatic rings. The number of nitrogens with two attached hydrogens (primary N) is 1. The number of benzene rings is 1. The van der Waals surface area contributed by atoms with E-state index < -0.39 is 7.79 Å². The fraction of sp³-hybridized carbons (Fsp3) is 0.500. The Morgan fingerprint density at radius 3 is 2.24 bits per heavy atom. The molecule has 4 nitrogen and oxygen atoms in total. The van der Waals surface area contributed by atoms with Crippen LogP contribution in [-0.2, 0) is 6.16 Å². The van der Waals surface area contributed by atoms with E-state index in [1.54, 1.807) is 0 Å². The van der Waals surface area contributed by atoms with Crippen LogP contribution in [0.1, 0.15) is 12.0 Å². The van der Waals surface area contributed by atoms with E-state index in [4.69, 9.17) is 5.73 Å². The zero-order chi connectivity index (χ0) is 12.5. The summed E-state index contributed by atoms with van der Waals surface area (Å²) >= 11 is 0. The third-order valence-corrected chi connectivity index (χ3v) is 6.81. The van der Waals surface area contributed by atoms with Gasteiger partial charge in [0.2, 0.25) is 0 Å². The van der Waals surface area contributed by atoms with E-state index in [9.17, 15) is 4.89 Å². The van der Waals surface area contributed by atoms with Gasteiger partial charge in [0, 0.05) is 24.9 Å². The second kappa shape index (κ2) is 4.91. The minimum absolute atomic E-state index is 0.709. The number of nitrogen functional groups attached to an aromatic ring is 1. The molecule has 1 fully saturated rings. The van der Waals surface area contributed by atoms with Gasteiger partial charge in [-0.3, -0.25) is 9.34 Å². The summed E-state index contributed by atoms with van der Waals surface area (Å²) in [6.45, 7) is 1.95. The van der Waals surface area contributed by atoms with E-state index in [1.807, 2.05) is 38.4 Å². The molecular formula is C12H21N3OP. The van der Waals surface area contributed by atoms with Gasteiger partial charge in [0.25, 0.3) is 0 Å². The first-order valence-corrected chi connectivity index (χ1v) is 7.74. The third kappa shape index (κ3) is 2.61. The standard InChI is InChI=1S/C12H21N3OP/c1-14-8-3-9-15(2)17(14,16)10-11-4-6-12(13)7-5-11/h4-7,16H,3,8-10,13H2,1-2H3. The van der Waals surface area contributed by atoms with Crippen LogP contribution >= 0.6 is 7.79 Å². The van der Waals surface area contributed by atoms with E-state index in [0.29, 0.717) is 6.16 Å². The Kier molecular flexibility index (Phi) is 3.69. The molecule has 95 valence electrons. The molecule has 0 aromatic heterocycles. The van der Waals surface area contributed by atoms with Crippen molar-refractivity contribution in [3.8, 4) is 0 Å². The molecule has 0 unspecified atom stereocenters. The van der Waals surface area contributed by atoms with Gasteiger partial charge in [-0.2, -0.15) is 0 Å². The minimum atomic E-state index is -2.16. The summed E-state index contributed by atoms with van der Waals surface area (Å²) in [4.78, 5) is 10.9. The maximum absolute atomic E-state index is 10.9. The molecule has 17 heavy (non-hydrogen) atoms. The maximum Gasteiger partial charge on any atom is 0.116 e. The van der Waals surface area contributed by atoms with Crippen LogP contribution in [0, 0.1) is 0 Å². The smallest absolute Gasteiger partial charge is 0.116 e. The van der Waals surface area contributed by atoms with Crippen molar-refractivity contribution in [1.29, 1.82) is 0 Å². The predicted molar refractivity (Wildman–Crippen MR) is 73.6 cm³/mol. The highest BCUT2D eigenvalue weighted by Crippen LogP contribution is 2.63. The van der Waals surface area contributed by atoms with Gasteiger partial charge in [0.05, 0.1) is 0 Å². The fourth-order valence-corrected chi connectivity index (χ4v) is 4.85. The van der Waals surface area contributed by atoms with Gasteiger partial charge in [-0.05, 0) is 38.2 Å². The monoisotopic (exact) mass is 254 g/mol. The van der Waals surface area contributed by atoms with Crippen LogP contribution in [-0.4, -0.2) is 41.4 Å². The van der Waals surface area contributed by atoms with E-state index in [1.165, 1.54) is 0 Å². The number of anilines is 1. The lowest BCUT2D eigenvalue weighted by atomic mass is 10.2. The van der Waals surface area contributed by atoms with Crippen LogP contribution in [0.15, 0.2) is 24.3 Å². The molecule has 0 amide bonds. The molecule has 1 radical (unpaired) electrons. The lowest BCUT2D eigenvalue weighted by Crippen LogP contribution is -2.39. The summed E-state index contributed by atoms with van der Waals surface area (Å²) in [7, 11) is 1.87. The first-order chi connectivity index (χ1) is 8.02. The highest BCUT2D eigenvalue weighted by Gasteiger charge is 2.37. The molecule has 0 atom stereocenters. The summed E-state index contributed by atoms with van der Waals surface area (Å²) in [6.07, 6.45) is 1.83. The second-order valence-electron chi connectivity index (χ2n) is 4.71. The molecule has 0 spiro atoms. The summed E-state index contributed by atoms with van der Waals surface area (Å²) in [5.74, 6) is 0. The number of nitrogens with zero attached hydrogens (tertiary/aromatic N) is 2. The molecular weight excluding hydrogens is 233 g/mol. The molecule has 1 aliphatic rings. The highest BCUT2D eigenvalue weighted by atomic mass is 31.2. The van der Waals surface area contributed by atoms with Gasteiger partial charge in [0.15, 0.2) is 0 Å². The minimum Gasteiger partial charge on any atom is -0.399 e. The average Bonchev–Trinajstić information content (AvgIpc) is 2.30. The molecule has 1 saturated heterocycles. The first kappa shape index (κ1) is 12.8. The van der Waals surface area contributed by atoms with E-state index in [2.05, 4.69) is 9.34 Å². The molecule has 0 aliphatic carbocycles. The Morgan fingerprint density at radius 2 is 1.71 bits per heavy atom. The summed E-state index contributed by atoms with van der Waals surface area (Å²) in [6, 6.07) is 7.80. The quantitative estimate of drug-likeness (QED) is 0.624. The summed E-state index contributed by atoms with van der Waals surface area (Å²) in [5.41, 5.74) is 7.59. The van der Waals surface area contributed by atoms with Gasteiger partial charge in [-0.15, -0.1) is 0 Å². The van der Waals surface area contributed by atoms with Gasteiger partial charge in [0.1, 0.15) is 7.79 Å². The van der Waals surface area contributed by atoms with Gasteiger partial charge in [-0.1, -0.05) is 12.1 Å².